The van der Waals surface area contributed by atoms with Crippen LogP contribution in [-0.4, -0.2) is 29.7 Å². The summed E-state index contributed by atoms with van der Waals surface area (Å²) in [5.74, 6) is -1.79. The van der Waals surface area contributed by atoms with Crippen molar-refractivity contribution < 1.29 is 14.4 Å². The Kier molecular flexibility index (Phi) is 4.01. The highest BCUT2D eigenvalue weighted by molar-refractivity contribution is 6.25. The maximum Gasteiger partial charge on any atom is 0.240 e. The van der Waals surface area contributed by atoms with Crippen molar-refractivity contribution in [3.8, 4) is 0 Å². The molecule has 0 radical (unpaired) electrons. The molecule has 3 aliphatic heterocycles. The summed E-state index contributed by atoms with van der Waals surface area (Å²) in [5.41, 5.74) is 5.49. The number of benzene rings is 2. The predicted molar refractivity (Wildman–Crippen MR) is 116 cm³/mol. The van der Waals surface area contributed by atoms with Crippen molar-refractivity contribution in [3.05, 3.63) is 64.7 Å². The highest BCUT2D eigenvalue weighted by Gasteiger charge is 2.63. The molecule has 0 aliphatic carbocycles. The minimum atomic E-state index is -0.670. The number of carbonyl (C=O) groups is 3. The van der Waals surface area contributed by atoms with Gasteiger partial charge in [-0.3, -0.25) is 14.4 Å². The normalized spacial score (nSPS) is 26.7. The average molecular weight is 400 g/mol. The van der Waals surface area contributed by atoms with E-state index in [2.05, 4.69) is 6.07 Å². The predicted octanol–water partition coefficient (Wildman–Crippen LogP) is 3.59. The molecule has 5 heteroatoms. The Hall–Kier alpha value is -3.21. The molecule has 30 heavy (non-hydrogen) atoms. The van der Waals surface area contributed by atoms with E-state index in [1.54, 1.807) is 0 Å². The molecule has 5 rings (SSSR count). The van der Waals surface area contributed by atoms with Crippen LogP contribution in [0.25, 0.3) is 6.08 Å². The zero-order chi connectivity index (χ0) is 21.3. The summed E-state index contributed by atoms with van der Waals surface area (Å²) < 4.78 is 0. The van der Waals surface area contributed by atoms with Crippen molar-refractivity contribution in [2.75, 3.05) is 9.80 Å². The van der Waals surface area contributed by atoms with Gasteiger partial charge in [0.2, 0.25) is 11.8 Å². The molecule has 4 atom stereocenters. The van der Waals surface area contributed by atoms with Gasteiger partial charge in [0.15, 0.2) is 5.78 Å². The summed E-state index contributed by atoms with van der Waals surface area (Å²) in [4.78, 5) is 43.4. The van der Waals surface area contributed by atoms with Crippen molar-refractivity contribution in [3.63, 3.8) is 0 Å². The zero-order valence-corrected chi connectivity index (χ0v) is 17.5. The Morgan fingerprint density at radius 2 is 1.60 bits per heavy atom. The Morgan fingerprint density at radius 1 is 0.933 bits per heavy atom. The molecule has 2 fully saturated rings. The molecule has 3 aliphatic rings. The van der Waals surface area contributed by atoms with Gasteiger partial charge < -0.3 is 4.90 Å². The molecule has 0 unspecified atom stereocenters. The van der Waals surface area contributed by atoms with Crippen LogP contribution in [0, 0.1) is 32.6 Å². The van der Waals surface area contributed by atoms with Crippen molar-refractivity contribution in [2.45, 2.75) is 39.8 Å². The van der Waals surface area contributed by atoms with Crippen LogP contribution in [0.15, 0.2) is 42.5 Å². The van der Waals surface area contributed by atoms with Crippen LogP contribution >= 0.6 is 0 Å². The first-order valence-electron chi connectivity index (χ1n) is 10.3. The largest absolute Gasteiger partial charge is 0.353 e. The lowest BCUT2D eigenvalue weighted by atomic mass is 9.88. The Balaban J connectivity index is 1.65. The van der Waals surface area contributed by atoms with Crippen LogP contribution in [0.4, 0.5) is 11.4 Å². The molecule has 152 valence electrons. The van der Waals surface area contributed by atoms with E-state index in [0.717, 1.165) is 27.9 Å². The summed E-state index contributed by atoms with van der Waals surface area (Å²) in [6.07, 6.45) is 4.00. The van der Waals surface area contributed by atoms with Gasteiger partial charge in [0.1, 0.15) is 6.04 Å². The van der Waals surface area contributed by atoms with Gasteiger partial charge in [-0.1, -0.05) is 42.0 Å². The highest BCUT2D eigenvalue weighted by Crippen LogP contribution is 2.50. The Labute approximate surface area is 176 Å². The van der Waals surface area contributed by atoms with Crippen molar-refractivity contribution in [1.82, 2.24) is 0 Å². The average Bonchev–Trinajstić information content (AvgIpc) is 3.16. The summed E-state index contributed by atoms with van der Waals surface area (Å²) in [6, 6.07) is 10.9. The van der Waals surface area contributed by atoms with Crippen molar-refractivity contribution in [2.24, 2.45) is 11.8 Å². The fraction of sp³-hybridized carbons (Fsp3) is 0.320. The number of nitrogens with zero attached hydrogens (tertiary/aromatic N) is 2. The molecule has 2 amide bonds. The summed E-state index contributed by atoms with van der Waals surface area (Å²) in [7, 11) is 0. The van der Waals surface area contributed by atoms with Crippen LogP contribution in [0.2, 0.25) is 0 Å². The second kappa shape index (κ2) is 6.39. The van der Waals surface area contributed by atoms with Crippen LogP contribution < -0.4 is 9.80 Å². The van der Waals surface area contributed by atoms with E-state index < -0.39 is 17.9 Å². The monoisotopic (exact) mass is 400 g/mol. The molecule has 2 aromatic rings. The number of carbonyl (C=O) groups excluding carboxylic acids is 3. The van der Waals surface area contributed by atoms with Gasteiger partial charge in [-0.05, 0) is 56.5 Å². The number of para-hydroxylation sites is 1. The van der Waals surface area contributed by atoms with Gasteiger partial charge in [0, 0.05) is 5.69 Å². The fourth-order valence-corrected chi connectivity index (χ4v) is 5.53. The van der Waals surface area contributed by atoms with E-state index in [1.165, 1.54) is 11.8 Å². The third-order valence-electron chi connectivity index (χ3n) is 6.74. The van der Waals surface area contributed by atoms with Gasteiger partial charge in [0.25, 0.3) is 0 Å². The second-order valence-corrected chi connectivity index (χ2v) is 8.68. The first kappa shape index (κ1) is 18.8. The molecule has 2 saturated heterocycles. The van der Waals surface area contributed by atoms with Crippen LogP contribution in [0.1, 0.15) is 29.2 Å². The third-order valence-corrected chi connectivity index (χ3v) is 6.74. The maximum atomic E-state index is 13.6. The molecule has 5 nitrogen and oxygen atoms in total. The number of rotatable bonds is 2. The number of aryl methyl sites for hydroxylation is 3. The number of Topliss-reactive ketones (excluding diaryl/α,β-unsaturated/α-hetero) is 1. The molecular weight excluding hydrogens is 376 g/mol. The number of amides is 2. The summed E-state index contributed by atoms with van der Waals surface area (Å²) in [6.45, 7) is 7.36. The van der Waals surface area contributed by atoms with Crippen LogP contribution in [0.3, 0.4) is 0 Å². The maximum absolute atomic E-state index is 13.6. The fourth-order valence-electron chi connectivity index (χ4n) is 5.53. The second-order valence-electron chi connectivity index (χ2n) is 8.68. The number of ketones is 1. The lowest BCUT2D eigenvalue weighted by molar-refractivity contribution is -0.126. The summed E-state index contributed by atoms with van der Waals surface area (Å²) in [5, 5.41) is 0. The van der Waals surface area contributed by atoms with E-state index >= 15 is 0 Å². The van der Waals surface area contributed by atoms with E-state index in [1.807, 2.05) is 68.2 Å². The minimum Gasteiger partial charge on any atom is -0.353 e. The third kappa shape index (κ3) is 2.38. The van der Waals surface area contributed by atoms with Crippen LogP contribution in [-0.2, 0) is 14.4 Å². The number of hydrogen-bond donors (Lipinski definition) is 0. The molecule has 0 spiro atoms. The molecular formula is C25H24N2O3. The molecule has 3 heterocycles. The number of imide groups is 1. The van der Waals surface area contributed by atoms with Gasteiger partial charge in [-0.2, -0.15) is 0 Å². The lowest BCUT2D eigenvalue weighted by Gasteiger charge is -2.36. The minimum absolute atomic E-state index is 0.0844. The van der Waals surface area contributed by atoms with Gasteiger partial charge in [-0.15, -0.1) is 0 Å². The topological polar surface area (TPSA) is 57.7 Å². The quantitative estimate of drug-likeness (QED) is 0.723. The molecule has 0 saturated carbocycles. The Morgan fingerprint density at radius 3 is 2.27 bits per heavy atom. The first-order chi connectivity index (χ1) is 14.3. The SMILES string of the molecule is CC(=O)[C@@H]1[C@H]2C(=O)N(c3c(C)cccc3C)C(=O)[C@@H]2[C@H]2C=Cc3cc(C)ccc3N21. The molecule has 0 aromatic heterocycles. The van der Waals surface area contributed by atoms with Gasteiger partial charge in [0.05, 0.1) is 23.6 Å². The molecule has 0 bridgehead atoms. The van der Waals surface area contributed by atoms with Crippen molar-refractivity contribution >= 4 is 35.0 Å². The van der Waals surface area contributed by atoms with E-state index in [-0.39, 0.29) is 23.6 Å². The van der Waals surface area contributed by atoms with E-state index in [9.17, 15) is 14.4 Å². The summed E-state index contributed by atoms with van der Waals surface area (Å²) >= 11 is 0. The van der Waals surface area contributed by atoms with Gasteiger partial charge in [-0.25, -0.2) is 4.90 Å². The van der Waals surface area contributed by atoms with E-state index in [4.69, 9.17) is 0 Å². The number of anilines is 2. The van der Waals surface area contributed by atoms with Gasteiger partial charge >= 0.3 is 0 Å². The molecule has 2 aromatic carbocycles. The number of fused-ring (bicyclic) bond motifs is 5. The van der Waals surface area contributed by atoms with Crippen molar-refractivity contribution in [1.29, 1.82) is 0 Å². The van der Waals surface area contributed by atoms with E-state index in [0.29, 0.717) is 5.69 Å². The standard InChI is InChI=1S/C25H24N2O3/c1-13-8-10-18-17(12-13)9-11-19-20-21(23(16(4)28)26(18)19)25(30)27(24(20)29)22-14(2)6-5-7-15(22)3/h5-12,19-21,23H,1-4H3/t19-,20-,21+,23-/m1/s1. The highest BCUT2D eigenvalue weighted by atomic mass is 16.2. The zero-order valence-electron chi connectivity index (χ0n) is 17.5. The Bertz CT molecular complexity index is 1130. The van der Waals surface area contributed by atoms with Crippen LogP contribution in [0.5, 0.6) is 0 Å². The lowest BCUT2D eigenvalue weighted by Crippen LogP contribution is -2.48. The molecule has 0 N–H and O–H groups in total. The number of hydrogen-bond acceptors (Lipinski definition) is 4. The first-order valence-corrected chi connectivity index (χ1v) is 10.3. The smallest absolute Gasteiger partial charge is 0.240 e.